The molecule has 66 heavy (non-hydrogen) atoms. The normalized spacial score (nSPS) is 24.0. The summed E-state index contributed by atoms with van der Waals surface area (Å²) in [5, 5.41) is 5.89. The van der Waals surface area contributed by atoms with Crippen molar-refractivity contribution in [1.29, 1.82) is 0 Å². The molecule has 1 aromatic carbocycles. The number of hydrogen-bond donors (Lipinski definition) is 2. The molecule has 0 radical (unpaired) electrons. The number of nitrogens with one attached hydrogen (secondary N) is 2. The molecule has 9 atom stereocenters. The number of benzene rings is 1. The lowest BCUT2D eigenvalue weighted by Gasteiger charge is -2.45. The number of ether oxygens (including phenoxy) is 6. The predicted molar refractivity (Wildman–Crippen MR) is 244 cm³/mol. The standard InChI is InChI=1S/C47H68N8O11/c1-8-34-31(4)40(66-46(60)33-19-13-12-14-20-33)38(53-32(5)57)47(64-34)62-26-18-15-21-36(58)48-24-16-10-11-17-25-61-41-35(9-2)63-45(42(41)65-37(59)23-22-30(3)56)55-29-51-39-43(52-28-54(6)7)49-27-50-44(39)55/h12-14,19-20,27-29,31,34-35,38,40-42,45,47H,8-11,15-18,21-26H2,1-7H3,(H,48,58)(H,53,57)/t31-,34+,35+,38+,40-,41?,42-,45+,47+/m0/s1. The van der Waals surface area contributed by atoms with Crippen molar-refractivity contribution in [3.8, 4) is 0 Å². The highest BCUT2D eigenvalue weighted by molar-refractivity contribution is 5.89. The number of amides is 2. The van der Waals surface area contributed by atoms with Crippen LogP contribution in [0.3, 0.4) is 0 Å². The Balaban J connectivity index is 1.04. The highest BCUT2D eigenvalue weighted by Gasteiger charge is 2.49. The van der Waals surface area contributed by atoms with Crippen molar-refractivity contribution >= 4 is 52.9 Å². The number of imidazole rings is 1. The van der Waals surface area contributed by atoms with Crippen molar-refractivity contribution in [2.75, 3.05) is 33.9 Å². The molecule has 1 unspecified atom stereocenters. The van der Waals surface area contributed by atoms with E-state index in [0.717, 1.165) is 25.7 Å². The number of rotatable bonds is 26. The first kappa shape index (κ1) is 51.6. The molecule has 19 nitrogen and oxygen atoms in total. The number of unbranched alkanes of at least 4 members (excludes halogenated alkanes) is 4. The molecule has 362 valence electrons. The van der Waals surface area contributed by atoms with Gasteiger partial charge in [0.25, 0.3) is 0 Å². The van der Waals surface area contributed by atoms with Crippen LogP contribution in [0.25, 0.3) is 11.2 Å². The van der Waals surface area contributed by atoms with Crippen molar-refractivity contribution in [3.63, 3.8) is 0 Å². The van der Waals surface area contributed by atoms with Crippen LogP contribution < -0.4 is 10.6 Å². The molecule has 3 aromatic rings. The largest absolute Gasteiger partial charge is 0.456 e. The molecule has 2 fully saturated rings. The summed E-state index contributed by atoms with van der Waals surface area (Å²) in [4.78, 5) is 82.1. The molecule has 2 aromatic heterocycles. The van der Waals surface area contributed by atoms with Gasteiger partial charge in [-0.05, 0) is 57.6 Å². The number of ketones is 1. The summed E-state index contributed by atoms with van der Waals surface area (Å²) < 4.78 is 39.0. The smallest absolute Gasteiger partial charge is 0.338 e. The second-order valence-electron chi connectivity index (χ2n) is 17.1. The summed E-state index contributed by atoms with van der Waals surface area (Å²) in [7, 11) is 3.70. The maximum Gasteiger partial charge on any atom is 0.338 e. The Hall–Kier alpha value is -5.37. The molecule has 0 spiro atoms. The summed E-state index contributed by atoms with van der Waals surface area (Å²) in [5.41, 5.74) is 1.34. The van der Waals surface area contributed by atoms with Gasteiger partial charge in [0.05, 0.1) is 36.9 Å². The summed E-state index contributed by atoms with van der Waals surface area (Å²) in [6, 6.07) is 8.01. The number of hydrogen-bond acceptors (Lipinski definition) is 15. The van der Waals surface area contributed by atoms with Gasteiger partial charge in [0.2, 0.25) is 11.8 Å². The van der Waals surface area contributed by atoms with Crippen LogP contribution in [0.4, 0.5) is 5.82 Å². The molecule has 2 amide bonds. The van der Waals surface area contributed by atoms with E-state index in [9.17, 15) is 24.0 Å². The van der Waals surface area contributed by atoms with Gasteiger partial charge in [-0.15, -0.1) is 0 Å². The molecule has 5 rings (SSSR count). The maximum atomic E-state index is 13.0. The average Bonchev–Trinajstić information content (AvgIpc) is 3.88. The molecule has 2 saturated heterocycles. The summed E-state index contributed by atoms with van der Waals surface area (Å²) in [6.45, 7) is 9.98. The fourth-order valence-corrected chi connectivity index (χ4v) is 8.09. The van der Waals surface area contributed by atoms with Crippen molar-refractivity contribution in [1.82, 2.24) is 35.1 Å². The first-order valence-electron chi connectivity index (χ1n) is 23.2. The summed E-state index contributed by atoms with van der Waals surface area (Å²) >= 11 is 0. The second-order valence-corrected chi connectivity index (χ2v) is 17.1. The zero-order valence-electron chi connectivity index (χ0n) is 39.4. The molecule has 4 heterocycles. The van der Waals surface area contributed by atoms with E-state index < -0.39 is 54.9 Å². The van der Waals surface area contributed by atoms with E-state index in [0.29, 0.717) is 74.4 Å². The van der Waals surface area contributed by atoms with E-state index in [2.05, 4.69) is 30.6 Å². The van der Waals surface area contributed by atoms with Crippen LogP contribution in [0.5, 0.6) is 0 Å². The Labute approximate surface area is 387 Å². The minimum atomic E-state index is -0.833. The quantitative estimate of drug-likeness (QED) is 0.0446. The summed E-state index contributed by atoms with van der Waals surface area (Å²) in [5.74, 6) is -1.27. The van der Waals surface area contributed by atoms with Crippen LogP contribution in [0.1, 0.15) is 122 Å². The van der Waals surface area contributed by atoms with Crippen LogP contribution in [-0.4, -0.2) is 137 Å². The minimum absolute atomic E-state index is 0.0453. The van der Waals surface area contributed by atoms with E-state index in [-0.39, 0.29) is 42.5 Å². The van der Waals surface area contributed by atoms with Gasteiger partial charge in [0.1, 0.15) is 30.4 Å². The minimum Gasteiger partial charge on any atom is -0.456 e. The zero-order valence-corrected chi connectivity index (χ0v) is 39.4. The van der Waals surface area contributed by atoms with Gasteiger partial charge in [0, 0.05) is 59.5 Å². The number of aliphatic imine (C=N–C) groups is 1. The van der Waals surface area contributed by atoms with E-state index in [4.69, 9.17) is 28.4 Å². The second kappa shape index (κ2) is 26.1. The Morgan fingerprint density at radius 1 is 0.818 bits per heavy atom. The number of fused-ring (bicyclic) bond motifs is 1. The molecule has 0 aliphatic carbocycles. The molecular formula is C47H68N8O11. The van der Waals surface area contributed by atoms with Crippen molar-refractivity contribution in [2.45, 2.75) is 154 Å². The van der Waals surface area contributed by atoms with Gasteiger partial charge in [-0.1, -0.05) is 51.8 Å². The fourth-order valence-electron chi connectivity index (χ4n) is 8.09. The molecule has 19 heteroatoms. The monoisotopic (exact) mass is 921 g/mol. The third-order valence-electron chi connectivity index (χ3n) is 11.5. The molecule has 0 bridgehead atoms. The number of esters is 2. The van der Waals surface area contributed by atoms with Crippen molar-refractivity contribution in [2.24, 2.45) is 10.9 Å². The third kappa shape index (κ3) is 14.8. The number of carbonyl (C=O) groups excluding carboxylic acids is 5. The van der Waals surface area contributed by atoms with Crippen molar-refractivity contribution < 1.29 is 52.4 Å². The zero-order chi connectivity index (χ0) is 47.6. The third-order valence-corrected chi connectivity index (χ3v) is 11.5. The van der Waals surface area contributed by atoms with Gasteiger partial charge >= 0.3 is 11.9 Å². The van der Waals surface area contributed by atoms with Crippen LogP contribution in [0, 0.1) is 5.92 Å². The van der Waals surface area contributed by atoms with Crippen LogP contribution in [-0.2, 0) is 47.6 Å². The molecule has 2 aliphatic heterocycles. The first-order valence-corrected chi connectivity index (χ1v) is 23.2. The lowest BCUT2D eigenvalue weighted by atomic mass is 9.87. The van der Waals surface area contributed by atoms with Crippen LogP contribution >= 0.6 is 0 Å². The fraction of sp³-hybridized carbons (Fsp3) is 0.638. The van der Waals surface area contributed by atoms with Gasteiger partial charge in [-0.3, -0.25) is 19.0 Å². The van der Waals surface area contributed by atoms with Crippen LogP contribution in [0.15, 0.2) is 48.0 Å². The highest BCUT2D eigenvalue weighted by Crippen LogP contribution is 2.38. The van der Waals surface area contributed by atoms with E-state index in [1.807, 2.05) is 40.9 Å². The topological polar surface area (TPSA) is 224 Å². The lowest BCUT2D eigenvalue weighted by Crippen LogP contribution is -2.62. The van der Waals surface area contributed by atoms with E-state index >= 15 is 0 Å². The lowest BCUT2D eigenvalue weighted by molar-refractivity contribution is -0.249. The van der Waals surface area contributed by atoms with E-state index in [1.54, 1.807) is 46.4 Å². The number of carbonyl (C=O) groups is 5. The van der Waals surface area contributed by atoms with E-state index in [1.165, 1.54) is 20.2 Å². The molecule has 0 saturated carbocycles. The number of Topliss-reactive ketones (excluding diaryl/α,β-unsaturated/α-hetero) is 1. The van der Waals surface area contributed by atoms with Gasteiger partial charge in [0.15, 0.2) is 35.6 Å². The summed E-state index contributed by atoms with van der Waals surface area (Å²) in [6.07, 6.45) is 6.29. The molecule has 2 aliphatic rings. The maximum absolute atomic E-state index is 13.0. The average molecular weight is 921 g/mol. The number of aromatic nitrogens is 4. The van der Waals surface area contributed by atoms with Gasteiger partial charge < -0.3 is 48.7 Å². The first-order chi connectivity index (χ1) is 31.8. The van der Waals surface area contributed by atoms with Crippen LogP contribution in [0.2, 0.25) is 0 Å². The SMILES string of the molecule is CC[C@H]1O[C@@H](n2cnc3c(N=CN(C)C)ncnc32)[C@@H](OC(=O)CCC(C)=O)C1OCCCCCCNC(=O)CCCCO[C@@H]1O[C@H](CC)[C@H](C)[C@H](OC(=O)c2ccccc2)[C@H]1NC(C)=O. The van der Waals surface area contributed by atoms with Gasteiger partial charge in [-0.25, -0.2) is 24.7 Å². The highest BCUT2D eigenvalue weighted by atomic mass is 16.7. The Kier molecular flexibility index (Phi) is 20.4. The number of nitrogens with zero attached hydrogens (tertiary/aromatic N) is 6. The molecular weight excluding hydrogens is 853 g/mol. The Morgan fingerprint density at radius 3 is 2.26 bits per heavy atom. The Morgan fingerprint density at radius 2 is 1.55 bits per heavy atom. The van der Waals surface area contributed by atoms with Gasteiger partial charge in [-0.2, -0.15) is 0 Å². The molecule has 2 N–H and O–H groups in total. The van der Waals surface area contributed by atoms with Crippen molar-refractivity contribution in [3.05, 3.63) is 48.5 Å². The predicted octanol–water partition coefficient (Wildman–Crippen LogP) is 5.39. The Bertz CT molecular complexity index is 2070.